The van der Waals surface area contributed by atoms with E-state index in [1.165, 1.54) is 4.52 Å². The predicted molar refractivity (Wildman–Crippen MR) is 114 cm³/mol. The van der Waals surface area contributed by atoms with Crippen LogP contribution in [0.1, 0.15) is 24.1 Å². The highest BCUT2D eigenvalue weighted by Gasteiger charge is 2.26. The van der Waals surface area contributed by atoms with Crippen molar-refractivity contribution in [1.29, 1.82) is 0 Å². The molecule has 31 heavy (non-hydrogen) atoms. The maximum atomic E-state index is 13.1. The van der Waals surface area contributed by atoms with E-state index >= 15 is 0 Å². The summed E-state index contributed by atoms with van der Waals surface area (Å²) in [4.78, 5) is 32.1. The number of carbonyl (C=O) groups is 1. The summed E-state index contributed by atoms with van der Waals surface area (Å²) in [6.07, 6.45) is 2.64. The van der Waals surface area contributed by atoms with Crippen LogP contribution < -0.4 is 15.6 Å². The van der Waals surface area contributed by atoms with Gasteiger partial charge < -0.3 is 19.7 Å². The Balaban J connectivity index is 1.37. The minimum Gasteiger partial charge on any atom is -0.497 e. The van der Waals surface area contributed by atoms with E-state index in [2.05, 4.69) is 15.4 Å². The maximum Gasteiger partial charge on any atom is 0.317 e. The zero-order chi connectivity index (χ0) is 21.4. The molecule has 0 bridgehead atoms. The number of fused-ring (bicyclic) bond motifs is 2. The van der Waals surface area contributed by atoms with Crippen LogP contribution >= 0.6 is 0 Å². The van der Waals surface area contributed by atoms with Crippen LogP contribution in [-0.4, -0.2) is 58.4 Å². The average molecular weight is 423 g/mol. The van der Waals surface area contributed by atoms with Crippen LogP contribution in [0.25, 0.3) is 16.9 Å². The Morgan fingerprint density at radius 3 is 2.94 bits per heavy atom. The highest BCUT2D eigenvalue weighted by molar-refractivity contribution is 5.74. The molecule has 0 spiro atoms. The Labute approximate surface area is 179 Å². The summed E-state index contributed by atoms with van der Waals surface area (Å²) in [5.41, 5.74) is 3.44. The third-order valence-electron chi connectivity index (χ3n) is 5.95. The molecular formula is C22H25N5O4. The number of H-pyrrole nitrogens is 1. The summed E-state index contributed by atoms with van der Waals surface area (Å²) in [5.74, 6) is 0.767. The number of methoxy groups -OCH3 is 1. The lowest BCUT2D eigenvalue weighted by Crippen LogP contribution is -2.46. The van der Waals surface area contributed by atoms with Crippen molar-refractivity contribution in [2.75, 3.05) is 26.8 Å². The lowest BCUT2D eigenvalue weighted by molar-refractivity contribution is 0.108. The summed E-state index contributed by atoms with van der Waals surface area (Å²) in [6.45, 7) is 2.03. The SMILES string of the molecule is COc1ccc(-c2cc3nc4c(c(=O)n3[nH]2)CN(C(=O)NCC2CCCO2)CC4)cc1. The Bertz CT molecular complexity index is 1160. The molecule has 1 aromatic carbocycles. The van der Waals surface area contributed by atoms with Gasteiger partial charge in [-0.15, -0.1) is 0 Å². The molecule has 1 unspecified atom stereocenters. The number of aromatic amines is 1. The average Bonchev–Trinajstić information content (AvgIpc) is 3.47. The second kappa shape index (κ2) is 8.07. The molecule has 1 saturated heterocycles. The number of ether oxygens (including phenoxy) is 2. The standard InChI is InChI=1S/C22H25N5O4/c1-30-15-6-4-14(5-7-15)19-11-20-24-18-8-9-26(13-17(18)21(28)27(20)25-19)22(29)23-12-16-3-2-10-31-16/h4-7,11,16,25H,2-3,8-10,12-13H2,1H3,(H,23,29). The highest BCUT2D eigenvalue weighted by atomic mass is 16.5. The van der Waals surface area contributed by atoms with Gasteiger partial charge in [-0.1, -0.05) is 0 Å². The summed E-state index contributed by atoms with van der Waals surface area (Å²) >= 11 is 0. The quantitative estimate of drug-likeness (QED) is 0.668. The third-order valence-corrected chi connectivity index (χ3v) is 5.95. The van der Waals surface area contributed by atoms with Gasteiger partial charge in [-0.3, -0.25) is 9.89 Å². The van der Waals surface area contributed by atoms with Crippen molar-refractivity contribution in [3.05, 3.63) is 51.9 Å². The zero-order valence-electron chi connectivity index (χ0n) is 17.4. The van der Waals surface area contributed by atoms with E-state index < -0.39 is 0 Å². The number of urea groups is 1. The fraction of sp³-hybridized carbons (Fsp3) is 0.409. The van der Waals surface area contributed by atoms with Gasteiger partial charge in [0, 0.05) is 32.2 Å². The first-order valence-corrected chi connectivity index (χ1v) is 10.5. The van der Waals surface area contributed by atoms with Crippen molar-refractivity contribution in [3.63, 3.8) is 0 Å². The zero-order valence-corrected chi connectivity index (χ0v) is 17.4. The normalized spacial score (nSPS) is 18.2. The molecule has 2 N–H and O–H groups in total. The number of nitrogens with zero attached hydrogens (tertiary/aromatic N) is 3. The maximum absolute atomic E-state index is 13.1. The number of carbonyl (C=O) groups excluding carboxylic acids is 1. The molecule has 2 aliphatic heterocycles. The lowest BCUT2D eigenvalue weighted by atomic mass is 10.1. The molecule has 1 fully saturated rings. The molecule has 0 saturated carbocycles. The first-order chi connectivity index (χ1) is 15.1. The number of benzene rings is 1. The predicted octanol–water partition coefficient (Wildman–Crippen LogP) is 1.94. The Morgan fingerprint density at radius 1 is 1.35 bits per heavy atom. The van der Waals surface area contributed by atoms with E-state index in [0.717, 1.165) is 42.1 Å². The van der Waals surface area contributed by atoms with Gasteiger partial charge in [0.15, 0.2) is 5.65 Å². The van der Waals surface area contributed by atoms with Gasteiger partial charge in [0.2, 0.25) is 0 Å². The Hall–Kier alpha value is -3.33. The molecule has 5 rings (SSSR count). The van der Waals surface area contributed by atoms with E-state index in [-0.39, 0.29) is 24.2 Å². The van der Waals surface area contributed by atoms with E-state index in [9.17, 15) is 9.59 Å². The smallest absolute Gasteiger partial charge is 0.317 e. The lowest BCUT2D eigenvalue weighted by Gasteiger charge is -2.28. The van der Waals surface area contributed by atoms with Crippen molar-refractivity contribution < 1.29 is 14.3 Å². The molecular weight excluding hydrogens is 398 g/mol. The van der Waals surface area contributed by atoms with Gasteiger partial charge in [-0.25, -0.2) is 14.3 Å². The number of amides is 2. The molecule has 4 heterocycles. The molecule has 162 valence electrons. The molecule has 9 nitrogen and oxygen atoms in total. The van der Waals surface area contributed by atoms with Gasteiger partial charge in [-0.05, 0) is 42.7 Å². The second-order valence-electron chi connectivity index (χ2n) is 7.93. The minimum absolute atomic E-state index is 0.0863. The van der Waals surface area contributed by atoms with Gasteiger partial charge in [0.25, 0.3) is 5.56 Å². The molecule has 9 heteroatoms. The van der Waals surface area contributed by atoms with Crippen molar-refractivity contribution in [1.82, 2.24) is 24.8 Å². The van der Waals surface area contributed by atoms with Crippen LogP contribution in [0.3, 0.4) is 0 Å². The van der Waals surface area contributed by atoms with Gasteiger partial charge >= 0.3 is 6.03 Å². The van der Waals surface area contributed by atoms with Crippen molar-refractivity contribution in [2.24, 2.45) is 0 Å². The highest BCUT2D eigenvalue weighted by Crippen LogP contribution is 2.23. The summed E-state index contributed by atoms with van der Waals surface area (Å²) in [6, 6.07) is 9.29. The Kier molecular flexibility index (Phi) is 5.11. The van der Waals surface area contributed by atoms with E-state index in [1.54, 1.807) is 12.0 Å². The van der Waals surface area contributed by atoms with Gasteiger partial charge in [0.1, 0.15) is 5.75 Å². The van der Waals surface area contributed by atoms with Crippen LogP contribution in [0.2, 0.25) is 0 Å². The van der Waals surface area contributed by atoms with E-state index in [1.807, 2.05) is 30.3 Å². The second-order valence-corrected chi connectivity index (χ2v) is 7.93. The van der Waals surface area contributed by atoms with Crippen LogP contribution in [0.5, 0.6) is 5.75 Å². The van der Waals surface area contributed by atoms with E-state index in [4.69, 9.17) is 9.47 Å². The summed E-state index contributed by atoms with van der Waals surface area (Å²) in [5, 5.41) is 6.07. The molecule has 2 amide bonds. The molecule has 1 atom stereocenters. The molecule has 0 radical (unpaired) electrons. The molecule has 2 aliphatic rings. The minimum atomic E-state index is -0.170. The van der Waals surface area contributed by atoms with Crippen molar-refractivity contribution in [3.8, 4) is 17.0 Å². The Morgan fingerprint density at radius 2 is 2.19 bits per heavy atom. The van der Waals surface area contributed by atoms with Crippen molar-refractivity contribution in [2.45, 2.75) is 31.9 Å². The molecule has 0 aliphatic carbocycles. The fourth-order valence-electron chi connectivity index (χ4n) is 4.19. The first kappa shape index (κ1) is 19.6. The van der Waals surface area contributed by atoms with Crippen LogP contribution in [-0.2, 0) is 17.7 Å². The fourth-order valence-corrected chi connectivity index (χ4v) is 4.19. The monoisotopic (exact) mass is 423 g/mol. The molecule has 2 aromatic heterocycles. The number of nitrogens with one attached hydrogen (secondary N) is 2. The van der Waals surface area contributed by atoms with E-state index in [0.29, 0.717) is 30.7 Å². The summed E-state index contributed by atoms with van der Waals surface area (Å²) in [7, 11) is 1.62. The largest absolute Gasteiger partial charge is 0.497 e. The summed E-state index contributed by atoms with van der Waals surface area (Å²) < 4.78 is 12.2. The van der Waals surface area contributed by atoms with Crippen LogP contribution in [0.15, 0.2) is 35.1 Å². The van der Waals surface area contributed by atoms with Crippen molar-refractivity contribution >= 4 is 11.7 Å². The number of aromatic nitrogens is 3. The number of rotatable bonds is 4. The first-order valence-electron chi connectivity index (χ1n) is 10.5. The van der Waals surface area contributed by atoms with Crippen LogP contribution in [0.4, 0.5) is 4.79 Å². The van der Waals surface area contributed by atoms with Gasteiger partial charge in [-0.2, -0.15) is 0 Å². The molecule has 3 aromatic rings. The number of hydrogen-bond donors (Lipinski definition) is 2. The van der Waals surface area contributed by atoms with Gasteiger partial charge in [0.05, 0.1) is 36.7 Å². The van der Waals surface area contributed by atoms with Crippen LogP contribution in [0, 0.1) is 0 Å². The third kappa shape index (κ3) is 3.76. The topological polar surface area (TPSA) is 101 Å². The number of hydrogen-bond acceptors (Lipinski definition) is 5.